The largest absolute Gasteiger partial charge is 0.333 e. The van der Waals surface area contributed by atoms with Crippen molar-refractivity contribution in [1.29, 1.82) is 0 Å². The number of hydrogen-bond acceptors (Lipinski definition) is 7. The number of carbonyl (C=O) groups is 2. The Morgan fingerprint density at radius 3 is 2.64 bits per heavy atom. The van der Waals surface area contributed by atoms with Crippen LogP contribution in [-0.4, -0.2) is 82.7 Å². The predicted octanol–water partition coefficient (Wildman–Crippen LogP) is -0.0181. The normalized spacial score (nSPS) is 17.0. The van der Waals surface area contributed by atoms with Crippen LogP contribution in [0.2, 0.25) is 0 Å². The van der Waals surface area contributed by atoms with E-state index in [2.05, 4.69) is 30.7 Å². The van der Waals surface area contributed by atoms with Gasteiger partial charge in [-0.25, -0.2) is 0 Å². The first-order valence-corrected chi connectivity index (χ1v) is 8.81. The molecule has 144 valence electrons. The number of aromatic nitrogens is 7. The van der Waals surface area contributed by atoms with Crippen LogP contribution in [0.3, 0.4) is 0 Å². The lowest BCUT2D eigenvalue weighted by molar-refractivity contribution is 0.0411. The molecule has 1 saturated heterocycles. The van der Waals surface area contributed by atoms with Crippen molar-refractivity contribution in [3.05, 3.63) is 42.0 Å². The molecular weight excluding hydrogens is 362 g/mol. The van der Waals surface area contributed by atoms with Crippen LogP contribution in [0.5, 0.6) is 0 Å². The van der Waals surface area contributed by atoms with Gasteiger partial charge < -0.3 is 9.80 Å². The Labute approximate surface area is 160 Å². The maximum absolute atomic E-state index is 12.8. The number of pyridine rings is 1. The molecule has 4 heterocycles. The Balaban J connectivity index is 1.42. The first-order chi connectivity index (χ1) is 13.5. The number of tetrazole rings is 1. The van der Waals surface area contributed by atoms with E-state index in [1.54, 1.807) is 52.3 Å². The fourth-order valence-electron chi connectivity index (χ4n) is 3.24. The number of nitrogens with zero attached hydrogens (tertiary/aromatic N) is 8. The molecule has 1 N–H and O–H groups in total. The molecule has 0 radical (unpaired) electrons. The first kappa shape index (κ1) is 17.8. The van der Waals surface area contributed by atoms with Crippen molar-refractivity contribution in [2.75, 3.05) is 19.6 Å². The quantitative estimate of drug-likeness (QED) is 0.676. The Kier molecular flexibility index (Phi) is 4.55. The van der Waals surface area contributed by atoms with Gasteiger partial charge in [0.2, 0.25) is 5.82 Å². The van der Waals surface area contributed by atoms with E-state index in [0.29, 0.717) is 42.3 Å². The van der Waals surface area contributed by atoms with Crippen LogP contribution in [-0.2, 0) is 7.05 Å². The summed E-state index contributed by atoms with van der Waals surface area (Å²) in [6, 6.07) is 3.27. The highest BCUT2D eigenvalue weighted by molar-refractivity contribution is 5.95. The average molecular weight is 381 g/mol. The van der Waals surface area contributed by atoms with Crippen LogP contribution in [0, 0.1) is 0 Å². The Morgan fingerprint density at radius 2 is 2.04 bits per heavy atom. The zero-order chi connectivity index (χ0) is 19.7. The van der Waals surface area contributed by atoms with E-state index in [4.69, 9.17) is 0 Å². The second-order valence-corrected chi connectivity index (χ2v) is 6.67. The molecule has 11 heteroatoms. The predicted molar refractivity (Wildman–Crippen MR) is 97.0 cm³/mol. The van der Waals surface area contributed by atoms with E-state index in [-0.39, 0.29) is 17.9 Å². The van der Waals surface area contributed by atoms with Crippen LogP contribution >= 0.6 is 0 Å². The fraction of sp³-hybridized carbons (Fsp3) is 0.353. The molecule has 0 aromatic carbocycles. The molecule has 1 atom stereocenters. The maximum atomic E-state index is 12.8. The molecule has 11 nitrogen and oxygen atoms in total. The van der Waals surface area contributed by atoms with E-state index in [1.165, 1.54) is 0 Å². The standard InChI is InChI=1S/C17H19N9O2/c1-11-9-25(5-6-26(11)16(27)13-8-19-24(2)10-13)17(28)14-4-3-12(7-18-14)15-20-22-23-21-15/h3-4,7-8,10-11H,5-6,9H2,1-2H3,(H,20,21,22,23)/t11-/m0/s1. The van der Waals surface area contributed by atoms with E-state index in [0.717, 1.165) is 0 Å². The minimum Gasteiger partial charge on any atom is -0.333 e. The van der Waals surface area contributed by atoms with Gasteiger partial charge >= 0.3 is 0 Å². The number of hydrogen-bond donors (Lipinski definition) is 1. The summed E-state index contributed by atoms with van der Waals surface area (Å²) in [7, 11) is 1.77. The highest BCUT2D eigenvalue weighted by atomic mass is 16.2. The van der Waals surface area contributed by atoms with E-state index in [9.17, 15) is 9.59 Å². The molecule has 4 rings (SSSR count). The molecule has 1 aliphatic heterocycles. The SMILES string of the molecule is C[C@H]1CN(C(=O)c2ccc(-c3nn[nH]n3)cn2)CCN1C(=O)c1cnn(C)c1. The molecule has 0 unspecified atom stereocenters. The molecule has 1 fully saturated rings. The molecule has 3 aromatic rings. The highest BCUT2D eigenvalue weighted by Crippen LogP contribution is 2.17. The van der Waals surface area contributed by atoms with Gasteiger partial charge in [-0.2, -0.15) is 10.3 Å². The zero-order valence-corrected chi connectivity index (χ0v) is 15.5. The van der Waals surface area contributed by atoms with E-state index in [1.807, 2.05) is 6.92 Å². The number of nitrogens with one attached hydrogen (secondary N) is 1. The van der Waals surface area contributed by atoms with Crippen molar-refractivity contribution < 1.29 is 9.59 Å². The van der Waals surface area contributed by atoms with Crippen LogP contribution in [0.25, 0.3) is 11.4 Å². The van der Waals surface area contributed by atoms with E-state index < -0.39 is 0 Å². The van der Waals surface area contributed by atoms with Crippen molar-refractivity contribution in [1.82, 2.24) is 45.2 Å². The lowest BCUT2D eigenvalue weighted by Crippen LogP contribution is -2.55. The molecule has 0 bridgehead atoms. The van der Waals surface area contributed by atoms with Gasteiger partial charge in [-0.3, -0.25) is 19.3 Å². The summed E-state index contributed by atoms with van der Waals surface area (Å²) in [5.74, 6) is 0.179. The topological polar surface area (TPSA) is 126 Å². The summed E-state index contributed by atoms with van der Waals surface area (Å²) in [4.78, 5) is 33.2. The van der Waals surface area contributed by atoms with Crippen LogP contribution in [0.15, 0.2) is 30.7 Å². The lowest BCUT2D eigenvalue weighted by Gasteiger charge is -2.39. The number of rotatable bonds is 3. The molecular formula is C17H19N9O2. The number of H-pyrrole nitrogens is 1. The van der Waals surface area contributed by atoms with Gasteiger partial charge in [-0.15, -0.1) is 10.2 Å². The molecule has 0 aliphatic carbocycles. The third kappa shape index (κ3) is 3.33. The molecule has 0 spiro atoms. The summed E-state index contributed by atoms with van der Waals surface area (Å²) in [5, 5.41) is 17.7. The smallest absolute Gasteiger partial charge is 0.272 e. The Bertz CT molecular complexity index is 980. The molecule has 2 amide bonds. The number of aromatic amines is 1. The van der Waals surface area contributed by atoms with Gasteiger partial charge in [-0.1, -0.05) is 0 Å². The Morgan fingerprint density at radius 1 is 1.18 bits per heavy atom. The average Bonchev–Trinajstić information content (AvgIpc) is 3.39. The minimum atomic E-state index is -0.167. The van der Waals surface area contributed by atoms with E-state index >= 15 is 0 Å². The van der Waals surface area contributed by atoms with Gasteiger partial charge in [0, 0.05) is 50.7 Å². The van der Waals surface area contributed by atoms with Crippen LogP contribution < -0.4 is 0 Å². The van der Waals surface area contributed by atoms with Crippen molar-refractivity contribution in [2.45, 2.75) is 13.0 Å². The molecule has 0 saturated carbocycles. The number of carbonyl (C=O) groups excluding carboxylic acids is 2. The van der Waals surface area contributed by atoms with Crippen LogP contribution in [0.1, 0.15) is 27.8 Å². The van der Waals surface area contributed by atoms with Gasteiger partial charge in [0.25, 0.3) is 11.8 Å². The molecule has 3 aromatic heterocycles. The van der Waals surface area contributed by atoms with Crippen molar-refractivity contribution in [3.8, 4) is 11.4 Å². The summed E-state index contributed by atoms with van der Waals surface area (Å²) in [5.41, 5.74) is 1.56. The second-order valence-electron chi connectivity index (χ2n) is 6.67. The van der Waals surface area contributed by atoms with Crippen LogP contribution in [0.4, 0.5) is 0 Å². The summed E-state index contributed by atoms with van der Waals surface area (Å²) in [6.45, 7) is 3.28. The molecule has 1 aliphatic rings. The third-order valence-corrected chi connectivity index (χ3v) is 4.71. The van der Waals surface area contributed by atoms with Gasteiger partial charge in [0.05, 0.1) is 11.8 Å². The number of amides is 2. The first-order valence-electron chi connectivity index (χ1n) is 8.81. The maximum Gasteiger partial charge on any atom is 0.272 e. The van der Waals surface area contributed by atoms with Gasteiger partial charge in [0.1, 0.15) is 5.69 Å². The summed E-state index contributed by atoms with van der Waals surface area (Å²) < 4.78 is 1.60. The van der Waals surface area contributed by atoms with Crippen molar-refractivity contribution in [3.63, 3.8) is 0 Å². The summed E-state index contributed by atoms with van der Waals surface area (Å²) in [6.07, 6.45) is 4.80. The summed E-state index contributed by atoms with van der Waals surface area (Å²) >= 11 is 0. The molecule has 28 heavy (non-hydrogen) atoms. The number of aryl methyl sites for hydroxylation is 1. The highest BCUT2D eigenvalue weighted by Gasteiger charge is 2.31. The van der Waals surface area contributed by atoms with Crippen molar-refractivity contribution in [2.24, 2.45) is 7.05 Å². The number of piperazine rings is 1. The Hall–Kier alpha value is -3.63. The lowest BCUT2D eigenvalue weighted by atomic mass is 10.1. The fourth-order valence-corrected chi connectivity index (χ4v) is 3.24. The zero-order valence-electron chi connectivity index (χ0n) is 15.5. The van der Waals surface area contributed by atoms with Gasteiger partial charge in [-0.05, 0) is 24.3 Å². The minimum absolute atomic E-state index is 0.0738. The monoisotopic (exact) mass is 381 g/mol. The van der Waals surface area contributed by atoms with Gasteiger partial charge in [0.15, 0.2) is 0 Å². The second kappa shape index (κ2) is 7.18. The van der Waals surface area contributed by atoms with Crippen molar-refractivity contribution >= 4 is 11.8 Å². The third-order valence-electron chi connectivity index (χ3n) is 4.71.